The van der Waals surface area contributed by atoms with Crippen molar-refractivity contribution < 1.29 is 14.3 Å². The van der Waals surface area contributed by atoms with Gasteiger partial charge in [0.2, 0.25) is 0 Å². The summed E-state index contributed by atoms with van der Waals surface area (Å²) in [6.45, 7) is 1.95. The Bertz CT molecular complexity index is 1420. The Morgan fingerprint density at radius 2 is 2.03 bits per heavy atom. The van der Waals surface area contributed by atoms with Crippen molar-refractivity contribution in [3.63, 3.8) is 0 Å². The summed E-state index contributed by atoms with van der Waals surface area (Å²) in [5.74, 6) is -0.222. The molecule has 0 aliphatic heterocycles. The molecule has 0 saturated heterocycles. The third-order valence-corrected chi connectivity index (χ3v) is 5.82. The molecule has 0 aliphatic rings. The number of halogens is 1. The Kier molecular flexibility index (Phi) is 6.67. The maximum absolute atomic E-state index is 12.6. The number of nitrogens with zero attached hydrogens (tertiary/aromatic N) is 5. The third kappa shape index (κ3) is 4.80. The van der Waals surface area contributed by atoms with Gasteiger partial charge in [-0.1, -0.05) is 28.0 Å². The van der Waals surface area contributed by atoms with E-state index in [0.717, 1.165) is 11.3 Å². The lowest BCUT2D eigenvalue weighted by molar-refractivity contribution is 0.100. The number of aromatic nitrogens is 4. The van der Waals surface area contributed by atoms with Crippen molar-refractivity contribution in [3.8, 4) is 38.8 Å². The second-order valence-electron chi connectivity index (χ2n) is 7.06. The first kappa shape index (κ1) is 23.1. The van der Waals surface area contributed by atoms with Gasteiger partial charge in [0.05, 0.1) is 35.0 Å². The van der Waals surface area contributed by atoms with Gasteiger partial charge in [-0.25, -0.2) is 4.98 Å². The number of carbonyl (C=O) groups excluding carboxylic acids is 1. The van der Waals surface area contributed by atoms with Crippen molar-refractivity contribution >= 4 is 28.8 Å². The molecule has 0 fully saturated rings. The Balaban J connectivity index is 1.76. The number of rotatable bonds is 7. The quantitative estimate of drug-likeness (QED) is 0.405. The molecule has 1 amide bonds. The van der Waals surface area contributed by atoms with E-state index >= 15 is 0 Å². The third-order valence-electron chi connectivity index (χ3n) is 4.75. The fourth-order valence-electron chi connectivity index (χ4n) is 3.27. The fourth-order valence-corrected chi connectivity index (χ4v) is 4.07. The number of methoxy groups -OCH3 is 1. The van der Waals surface area contributed by atoms with Crippen LogP contribution in [0.15, 0.2) is 42.6 Å². The molecular formula is C23H17ClN6O3S. The van der Waals surface area contributed by atoms with E-state index in [0.29, 0.717) is 43.9 Å². The van der Waals surface area contributed by atoms with Crippen molar-refractivity contribution in [3.05, 3.63) is 70.1 Å². The number of aryl methyl sites for hydroxylation is 1. The molecule has 0 saturated carbocycles. The van der Waals surface area contributed by atoms with E-state index in [1.807, 2.05) is 0 Å². The smallest absolute Gasteiger partial charge is 0.294 e. The minimum absolute atomic E-state index is 0.140. The molecule has 4 aromatic rings. The molecule has 0 spiro atoms. The molecule has 3 heterocycles. The van der Waals surface area contributed by atoms with Crippen LogP contribution in [0.1, 0.15) is 27.3 Å². The summed E-state index contributed by atoms with van der Waals surface area (Å²) in [6.07, 6.45) is 1.53. The molecule has 0 aliphatic carbocycles. The molecule has 2 N–H and O–H groups in total. The van der Waals surface area contributed by atoms with E-state index in [2.05, 4.69) is 26.2 Å². The van der Waals surface area contributed by atoms with Gasteiger partial charge in [0.15, 0.2) is 5.01 Å². The van der Waals surface area contributed by atoms with Gasteiger partial charge in [-0.2, -0.15) is 5.26 Å². The highest BCUT2D eigenvalue weighted by Crippen LogP contribution is 2.38. The zero-order chi connectivity index (χ0) is 24.2. The molecule has 9 nitrogen and oxygen atoms in total. The summed E-state index contributed by atoms with van der Waals surface area (Å²) < 4.78 is 11.1. The molecule has 0 atom stereocenters. The summed E-state index contributed by atoms with van der Waals surface area (Å²) in [4.78, 5) is 21.3. The number of amides is 1. The van der Waals surface area contributed by atoms with Gasteiger partial charge < -0.3 is 15.2 Å². The molecule has 0 radical (unpaired) electrons. The van der Waals surface area contributed by atoms with Crippen molar-refractivity contribution in [1.29, 1.82) is 5.26 Å². The lowest BCUT2D eigenvalue weighted by Crippen LogP contribution is -2.16. The molecule has 4 rings (SSSR count). The number of carbonyl (C=O) groups is 1. The molecule has 0 unspecified atom stereocenters. The van der Waals surface area contributed by atoms with Gasteiger partial charge in [-0.3, -0.25) is 9.78 Å². The van der Waals surface area contributed by atoms with Gasteiger partial charge in [-0.15, -0.1) is 5.10 Å². The number of ether oxygens (including phenoxy) is 2. The number of benzene rings is 1. The first-order valence-corrected chi connectivity index (χ1v) is 11.1. The molecule has 170 valence electrons. The van der Waals surface area contributed by atoms with Crippen molar-refractivity contribution in [2.75, 3.05) is 7.11 Å². The van der Waals surface area contributed by atoms with E-state index in [1.54, 1.807) is 43.3 Å². The number of nitriles is 1. The maximum Gasteiger partial charge on any atom is 0.294 e. The van der Waals surface area contributed by atoms with Crippen molar-refractivity contribution in [2.45, 2.75) is 13.5 Å². The van der Waals surface area contributed by atoms with Crippen LogP contribution < -0.4 is 15.2 Å². The summed E-state index contributed by atoms with van der Waals surface area (Å²) in [7, 11) is 1.51. The molecule has 1 aromatic carbocycles. The van der Waals surface area contributed by atoms with Crippen LogP contribution in [0.25, 0.3) is 21.8 Å². The highest BCUT2D eigenvalue weighted by molar-refractivity contribution is 7.16. The van der Waals surface area contributed by atoms with E-state index in [1.165, 1.54) is 13.3 Å². The highest BCUT2D eigenvalue weighted by atomic mass is 35.5. The molecule has 3 aromatic heterocycles. The number of hydrogen-bond donors (Lipinski definition) is 1. The van der Waals surface area contributed by atoms with Crippen LogP contribution >= 0.6 is 22.9 Å². The van der Waals surface area contributed by atoms with Crippen LogP contribution in [0, 0.1) is 18.3 Å². The first-order valence-electron chi connectivity index (χ1n) is 9.86. The topological polar surface area (TPSA) is 137 Å². The lowest BCUT2D eigenvalue weighted by atomic mass is 9.95. The lowest BCUT2D eigenvalue weighted by Gasteiger charge is -2.15. The second kappa shape index (κ2) is 9.82. The Hall–Kier alpha value is -4.07. The van der Waals surface area contributed by atoms with Crippen LogP contribution in [-0.2, 0) is 6.61 Å². The maximum atomic E-state index is 12.6. The molecule has 0 bridgehead atoms. The zero-order valence-corrected chi connectivity index (χ0v) is 19.6. The SMILES string of the molecule is COc1ccc(C#N)cc1-c1cc(C)nc(-c2nnc(OCc3ccc(Cl)cn3)s2)c1C(N)=O. The van der Waals surface area contributed by atoms with Gasteiger partial charge in [0, 0.05) is 23.0 Å². The van der Waals surface area contributed by atoms with Gasteiger partial charge in [-0.05, 0) is 43.3 Å². The predicted molar refractivity (Wildman–Crippen MR) is 127 cm³/mol. The number of primary amides is 1. The average Bonchev–Trinajstić information content (AvgIpc) is 3.31. The molecular weight excluding hydrogens is 476 g/mol. The Morgan fingerprint density at radius 3 is 2.71 bits per heavy atom. The standard InChI is InChI=1S/C23H17ClN6O3S/c1-12-7-17(16-8-13(9-25)3-6-18(16)32-2)19(21(26)31)20(28-12)22-29-30-23(34-22)33-11-15-5-4-14(24)10-27-15/h3-8,10H,11H2,1-2H3,(H2,26,31). The highest BCUT2D eigenvalue weighted by Gasteiger charge is 2.24. The van der Waals surface area contributed by atoms with E-state index in [4.69, 9.17) is 26.8 Å². The van der Waals surface area contributed by atoms with Crippen LogP contribution in [0.4, 0.5) is 0 Å². The minimum Gasteiger partial charge on any atom is -0.496 e. The van der Waals surface area contributed by atoms with E-state index < -0.39 is 5.91 Å². The Labute approximate surface area is 203 Å². The summed E-state index contributed by atoms with van der Waals surface area (Å²) in [5, 5.41) is 18.7. The van der Waals surface area contributed by atoms with Crippen LogP contribution in [0.5, 0.6) is 10.9 Å². The van der Waals surface area contributed by atoms with Crippen LogP contribution in [-0.4, -0.2) is 33.2 Å². The van der Waals surface area contributed by atoms with Crippen molar-refractivity contribution in [2.24, 2.45) is 5.73 Å². The summed E-state index contributed by atoms with van der Waals surface area (Å²) in [5.41, 5.74) is 8.89. The average molecular weight is 493 g/mol. The van der Waals surface area contributed by atoms with Gasteiger partial charge in [0.1, 0.15) is 18.1 Å². The second-order valence-corrected chi connectivity index (χ2v) is 8.43. The zero-order valence-electron chi connectivity index (χ0n) is 18.1. The monoisotopic (exact) mass is 492 g/mol. The number of nitrogens with two attached hydrogens (primary N) is 1. The van der Waals surface area contributed by atoms with E-state index in [-0.39, 0.29) is 23.1 Å². The number of pyridine rings is 2. The van der Waals surface area contributed by atoms with Crippen LogP contribution in [0.3, 0.4) is 0 Å². The fraction of sp³-hybridized carbons (Fsp3) is 0.130. The number of hydrogen-bond acceptors (Lipinski definition) is 9. The van der Waals surface area contributed by atoms with Crippen LogP contribution in [0.2, 0.25) is 5.02 Å². The van der Waals surface area contributed by atoms with Gasteiger partial charge in [0.25, 0.3) is 11.1 Å². The first-order chi connectivity index (χ1) is 16.4. The normalized spacial score (nSPS) is 10.5. The molecule has 34 heavy (non-hydrogen) atoms. The molecule has 11 heteroatoms. The minimum atomic E-state index is -0.704. The largest absolute Gasteiger partial charge is 0.496 e. The summed E-state index contributed by atoms with van der Waals surface area (Å²) in [6, 6.07) is 12.2. The van der Waals surface area contributed by atoms with E-state index in [9.17, 15) is 10.1 Å². The van der Waals surface area contributed by atoms with Gasteiger partial charge >= 0.3 is 0 Å². The predicted octanol–water partition coefficient (Wildman–Crippen LogP) is 4.18. The summed E-state index contributed by atoms with van der Waals surface area (Å²) >= 11 is 6.97. The Morgan fingerprint density at radius 1 is 1.21 bits per heavy atom. The van der Waals surface area contributed by atoms with Crippen molar-refractivity contribution in [1.82, 2.24) is 20.2 Å².